The van der Waals surface area contributed by atoms with Crippen molar-refractivity contribution in [1.29, 1.82) is 0 Å². The molecular formula is C22H27N3O6S2. The number of nitrogens with one attached hydrogen (secondary N) is 1. The van der Waals surface area contributed by atoms with E-state index in [0.29, 0.717) is 51.4 Å². The van der Waals surface area contributed by atoms with Crippen molar-refractivity contribution in [2.24, 2.45) is 5.92 Å². The average molecular weight is 494 g/mol. The minimum Gasteiger partial charge on any atom is -0.379 e. The maximum Gasteiger partial charge on any atom is 0.243 e. The van der Waals surface area contributed by atoms with Crippen LogP contribution in [0.3, 0.4) is 0 Å². The molecule has 2 fully saturated rings. The van der Waals surface area contributed by atoms with E-state index in [1.165, 1.54) is 20.7 Å². The summed E-state index contributed by atoms with van der Waals surface area (Å²) < 4.78 is 59.2. The molecule has 2 saturated heterocycles. The Morgan fingerprint density at radius 2 is 1.42 bits per heavy atom. The lowest BCUT2D eigenvalue weighted by Gasteiger charge is -2.31. The lowest BCUT2D eigenvalue weighted by atomic mass is 9.99. The molecule has 0 aliphatic carbocycles. The number of ether oxygens (including phenoxy) is 1. The third-order valence-corrected chi connectivity index (χ3v) is 9.66. The Balaban J connectivity index is 1.41. The fraction of sp³-hybridized carbons (Fsp3) is 0.409. The molecular weight excluding hydrogens is 466 g/mol. The van der Waals surface area contributed by atoms with Gasteiger partial charge in [0.1, 0.15) is 0 Å². The van der Waals surface area contributed by atoms with Crippen molar-refractivity contribution in [3.63, 3.8) is 0 Å². The predicted octanol–water partition coefficient (Wildman–Crippen LogP) is 1.75. The van der Waals surface area contributed by atoms with Gasteiger partial charge in [-0.2, -0.15) is 8.61 Å². The second-order valence-corrected chi connectivity index (χ2v) is 11.9. The Bertz CT molecular complexity index is 1180. The molecule has 0 spiro atoms. The van der Waals surface area contributed by atoms with Gasteiger partial charge in [-0.3, -0.25) is 4.79 Å². The summed E-state index contributed by atoms with van der Waals surface area (Å²) in [4.78, 5) is 13.2. The van der Waals surface area contributed by atoms with Gasteiger partial charge in [-0.05, 0) is 49.2 Å². The number of hydrogen-bond acceptors (Lipinski definition) is 6. The molecule has 9 nitrogen and oxygen atoms in total. The number of morpholine rings is 1. The van der Waals surface area contributed by atoms with Gasteiger partial charge >= 0.3 is 0 Å². The molecule has 4 rings (SSSR count). The van der Waals surface area contributed by atoms with Gasteiger partial charge in [-0.25, -0.2) is 16.8 Å². The van der Waals surface area contributed by atoms with E-state index in [-0.39, 0.29) is 22.2 Å². The summed E-state index contributed by atoms with van der Waals surface area (Å²) >= 11 is 0. The number of piperidine rings is 1. The van der Waals surface area contributed by atoms with Gasteiger partial charge in [0.05, 0.1) is 28.9 Å². The molecule has 0 bridgehead atoms. The van der Waals surface area contributed by atoms with Crippen molar-refractivity contribution in [2.45, 2.75) is 22.6 Å². The molecule has 0 aromatic heterocycles. The van der Waals surface area contributed by atoms with Crippen LogP contribution in [0, 0.1) is 5.92 Å². The second-order valence-electron chi connectivity index (χ2n) is 8.05. The molecule has 1 unspecified atom stereocenters. The average Bonchev–Trinajstić information content (AvgIpc) is 2.85. The summed E-state index contributed by atoms with van der Waals surface area (Å²) in [5, 5.41) is 2.79. The van der Waals surface area contributed by atoms with Crippen LogP contribution in [0.1, 0.15) is 12.8 Å². The lowest BCUT2D eigenvalue weighted by molar-refractivity contribution is -0.120. The molecule has 33 heavy (non-hydrogen) atoms. The molecule has 2 aliphatic heterocycles. The summed E-state index contributed by atoms with van der Waals surface area (Å²) in [7, 11) is -7.27. The van der Waals surface area contributed by atoms with Crippen molar-refractivity contribution in [3.05, 3.63) is 54.6 Å². The van der Waals surface area contributed by atoms with E-state index in [0.717, 1.165) is 0 Å². The number of nitrogens with zero attached hydrogens (tertiary/aromatic N) is 2. The zero-order valence-electron chi connectivity index (χ0n) is 18.1. The van der Waals surface area contributed by atoms with Crippen molar-refractivity contribution in [2.75, 3.05) is 44.7 Å². The van der Waals surface area contributed by atoms with Gasteiger partial charge in [0.2, 0.25) is 26.0 Å². The molecule has 11 heteroatoms. The van der Waals surface area contributed by atoms with E-state index in [1.54, 1.807) is 42.5 Å². The van der Waals surface area contributed by atoms with Crippen LogP contribution in [0.2, 0.25) is 0 Å². The summed E-state index contributed by atoms with van der Waals surface area (Å²) in [6, 6.07) is 14.2. The molecule has 178 valence electrons. The van der Waals surface area contributed by atoms with Crippen LogP contribution in [0.4, 0.5) is 5.69 Å². The molecule has 1 N–H and O–H groups in total. The van der Waals surface area contributed by atoms with Crippen LogP contribution in [-0.4, -0.2) is 70.7 Å². The molecule has 0 radical (unpaired) electrons. The van der Waals surface area contributed by atoms with E-state index in [9.17, 15) is 21.6 Å². The molecule has 2 heterocycles. The van der Waals surface area contributed by atoms with Gasteiger partial charge in [0.15, 0.2) is 0 Å². The summed E-state index contributed by atoms with van der Waals surface area (Å²) in [6.07, 6.45) is 1.16. The van der Waals surface area contributed by atoms with Crippen molar-refractivity contribution in [1.82, 2.24) is 8.61 Å². The zero-order valence-corrected chi connectivity index (χ0v) is 19.7. The second kappa shape index (κ2) is 9.90. The van der Waals surface area contributed by atoms with E-state index >= 15 is 0 Å². The Labute approximate surface area is 194 Å². The molecule has 2 aromatic carbocycles. The van der Waals surface area contributed by atoms with E-state index in [4.69, 9.17) is 4.74 Å². The van der Waals surface area contributed by atoms with Gasteiger partial charge in [0, 0.05) is 31.9 Å². The highest BCUT2D eigenvalue weighted by Crippen LogP contribution is 2.25. The van der Waals surface area contributed by atoms with Gasteiger partial charge in [-0.15, -0.1) is 0 Å². The SMILES string of the molecule is O=C(Nc1ccc(S(=O)(=O)N2CCOCC2)cc1)C1CCCN(S(=O)(=O)c2ccccc2)C1. The highest BCUT2D eigenvalue weighted by Gasteiger charge is 2.33. The predicted molar refractivity (Wildman–Crippen MR) is 123 cm³/mol. The highest BCUT2D eigenvalue weighted by molar-refractivity contribution is 7.89. The molecule has 2 aliphatic rings. The first-order valence-corrected chi connectivity index (χ1v) is 13.7. The fourth-order valence-corrected chi connectivity index (χ4v) is 6.96. The van der Waals surface area contributed by atoms with Crippen LogP contribution in [-0.2, 0) is 29.6 Å². The fourth-order valence-electron chi connectivity index (χ4n) is 4.01. The largest absolute Gasteiger partial charge is 0.379 e. The third-order valence-electron chi connectivity index (χ3n) is 5.87. The van der Waals surface area contributed by atoms with Crippen LogP contribution in [0.25, 0.3) is 0 Å². The summed E-state index contributed by atoms with van der Waals surface area (Å²) in [6.45, 7) is 1.83. The number of amides is 1. The Kier molecular flexibility index (Phi) is 7.15. The van der Waals surface area contributed by atoms with Gasteiger partial charge in [0.25, 0.3) is 0 Å². The smallest absolute Gasteiger partial charge is 0.243 e. The van der Waals surface area contributed by atoms with E-state index < -0.39 is 26.0 Å². The van der Waals surface area contributed by atoms with Crippen LogP contribution < -0.4 is 5.32 Å². The van der Waals surface area contributed by atoms with Gasteiger partial charge < -0.3 is 10.1 Å². The monoisotopic (exact) mass is 493 g/mol. The molecule has 1 atom stereocenters. The van der Waals surface area contributed by atoms with Crippen molar-refractivity contribution in [3.8, 4) is 0 Å². The Hall–Kier alpha value is -2.31. The number of rotatable bonds is 6. The Morgan fingerprint density at radius 3 is 2.09 bits per heavy atom. The van der Waals surface area contributed by atoms with Crippen molar-refractivity contribution >= 4 is 31.6 Å². The van der Waals surface area contributed by atoms with Gasteiger partial charge in [-0.1, -0.05) is 18.2 Å². The van der Waals surface area contributed by atoms with Crippen LogP contribution >= 0.6 is 0 Å². The number of carbonyl (C=O) groups excluding carboxylic acids is 1. The number of benzene rings is 2. The quantitative estimate of drug-likeness (QED) is 0.656. The number of hydrogen-bond donors (Lipinski definition) is 1. The maximum absolute atomic E-state index is 12.9. The standard InChI is InChI=1S/C22H27N3O6S2/c26-22(18-5-4-12-25(17-18)33(29,30)20-6-2-1-3-7-20)23-19-8-10-21(11-9-19)32(27,28)24-13-15-31-16-14-24/h1-3,6-11,18H,4-5,12-17H2,(H,23,26). The number of carbonyl (C=O) groups is 1. The van der Waals surface area contributed by atoms with Crippen LogP contribution in [0.5, 0.6) is 0 Å². The van der Waals surface area contributed by atoms with E-state index in [1.807, 2.05) is 0 Å². The lowest BCUT2D eigenvalue weighted by Crippen LogP contribution is -2.43. The first kappa shape index (κ1) is 23.8. The summed E-state index contributed by atoms with van der Waals surface area (Å²) in [5.41, 5.74) is 0.462. The summed E-state index contributed by atoms with van der Waals surface area (Å²) in [5.74, 6) is -0.777. The van der Waals surface area contributed by atoms with Crippen LogP contribution in [0.15, 0.2) is 64.4 Å². The Morgan fingerprint density at radius 1 is 0.818 bits per heavy atom. The highest BCUT2D eigenvalue weighted by atomic mass is 32.2. The third kappa shape index (κ3) is 5.28. The molecule has 2 aromatic rings. The minimum absolute atomic E-state index is 0.104. The zero-order chi connectivity index (χ0) is 23.5. The number of anilines is 1. The van der Waals surface area contributed by atoms with E-state index in [2.05, 4.69) is 5.32 Å². The minimum atomic E-state index is -3.66. The first-order valence-electron chi connectivity index (χ1n) is 10.8. The maximum atomic E-state index is 12.9. The topological polar surface area (TPSA) is 113 Å². The first-order chi connectivity index (χ1) is 15.8. The normalized spacial score (nSPS) is 20.9. The number of sulfonamides is 2. The molecule has 1 amide bonds. The molecule has 0 saturated carbocycles. The van der Waals surface area contributed by atoms with Crippen molar-refractivity contribution < 1.29 is 26.4 Å².